The van der Waals surface area contributed by atoms with Gasteiger partial charge in [-0.15, -0.1) is 0 Å². The van der Waals surface area contributed by atoms with E-state index in [4.69, 9.17) is 9.47 Å². The Morgan fingerprint density at radius 3 is 2.81 bits per heavy atom. The topological polar surface area (TPSA) is 86.5 Å². The zero-order chi connectivity index (χ0) is 22.2. The van der Waals surface area contributed by atoms with E-state index in [1.165, 1.54) is 17.2 Å². The van der Waals surface area contributed by atoms with Gasteiger partial charge in [0.25, 0.3) is 5.91 Å². The Morgan fingerprint density at radius 2 is 2.06 bits per heavy atom. The summed E-state index contributed by atoms with van der Waals surface area (Å²) in [5.74, 6) is 0.0727. The van der Waals surface area contributed by atoms with E-state index in [1.807, 2.05) is 13.2 Å². The molecule has 0 saturated carbocycles. The van der Waals surface area contributed by atoms with E-state index in [2.05, 4.69) is 10.1 Å². The zero-order valence-electron chi connectivity index (χ0n) is 17.5. The predicted molar refractivity (Wildman–Crippen MR) is 112 cm³/mol. The van der Waals surface area contributed by atoms with Gasteiger partial charge in [0.05, 0.1) is 12.4 Å². The number of aromatic nitrogens is 3. The molecule has 0 N–H and O–H groups in total. The number of hydrogen-bond donors (Lipinski definition) is 0. The summed E-state index contributed by atoms with van der Waals surface area (Å²) in [6.45, 7) is 0.729. The van der Waals surface area contributed by atoms with E-state index in [0.717, 1.165) is 5.56 Å². The van der Waals surface area contributed by atoms with Crippen LogP contribution in [0.3, 0.4) is 0 Å². The summed E-state index contributed by atoms with van der Waals surface area (Å²) in [5.41, 5.74) is 2.14. The van der Waals surface area contributed by atoms with Crippen LogP contribution in [-0.2, 0) is 24.9 Å². The number of nitrogens with zero attached hydrogens (tertiary/aromatic N) is 4. The first-order valence-corrected chi connectivity index (χ1v) is 10.4. The lowest BCUT2D eigenvalue weighted by molar-refractivity contribution is -0.122. The molecule has 3 aromatic rings. The summed E-state index contributed by atoms with van der Waals surface area (Å²) in [6, 6.07) is 6.30. The third kappa shape index (κ3) is 3.81. The Bertz CT molecular complexity index is 1190. The molecule has 1 aromatic carbocycles. The summed E-state index contributed by atoms with van der Waals surface area (Å²) in [5, 5.41) is 4.08. The van der Waals surface area contributed by atoms with Crippen LogP contribution < -0.4 is 14.4 Å². The molecule has 5 rings (SSSR count). The summed E-state index contributed by atoms with van der Waals surface area (Å²) >= 11 is 0. The Balaban J connectivity index is 1.22. The van der Waals surface area contributed by atoms with Crippen LogP contribution in [-0.4, -0.2) is 39.1 Å². The van der Waals surface area contributed by atoms with Crippen LogP contribution in [0.1, 0.15) is 34.3 Å². The van der Waals surface area contributed by atoms with E-state index >= 15 is 0 Å². The van der Waals surface area contributed by atoms with Gasteiger partial charge in [-0.1, -0.05) is 0 Å². The molecule has 8 nitrogen and oxygen atoms in total. The van der Waals surface area contributed by atoms with Crippen molar-refractivity contribution in [1.29, 1.82) is 0 Å². The predicted octanol–water partition coefficient (Wildman–Crippen LogP) is 2.85. The smallest absolute Gasteiger partial charge is 0.268 e. The molecule has 2 aliphatic rings. The largest absolute Gasteiger partial charge is 0.479 e. The number of benzene rings is 1. The van der Waals surface area contributed by atoms with Crippen molar-refractivity contribution in [3.8, 4) is 11.6 Å². The molecule has 1 saturated heterocycles. The average Bonchev–Trinajstić information content (AvgIpc) is 3.47. The fraction of sp³-hybridized carbons (Fsp3) is 0.304. The fourth-order valence-corrected chi connectivity index (χ4v) is 4.06. The number of amides is 1. The van der Waals surface area contributed by atoms with Gasteiger partial charge in [0, 0.05) is 55.5 Å². The number of rotatable bonds is 6. The number of carbonyl (C=O) groups is 2. The Kier molecular flexibility index (Phi) is 5.08. The second kappa shape index (κ2) is 8.07. The van der Waals surface area contributed by atoms with Crippen LogP contribution >= 0.6 is 0 Å². The third-order valence-electron chi connectivity index (χ3n) is 5.68. The molecular formula is C23H21FN4O4. The van der Waals surface area contributed by atoms with Gasteiger partial charge in [-0.05, 0) is 30.2 Å². The molecule has 1 aliphatic carbocycles. The standard InChI is InChI=1S/C23H21FN4O4/c1-27-12-14(10-26-27)13-31-22-5-2-16(11-25-22)32-21-6-7-28(23(21)30)15-8-18-17(19(24)9-15)3-4-20(18)29/h2,5,8-12,21H,3-4,6-7,13H2,1H3/t21-/m1/s1. The van der Waals surface area contributed by atoms with Crippen molar-refractivity contribution in [2.24, 2.45) is 7.05 Å². The van der Waals surface area contributed by atoms with Crippen LogP contribution in [0, 0.1) is 5.82 Å². The molecule has 0 spiro atoms. The fourth-order valence-electron chi connectivity index (χ4n) is 4.06. The molecule has 1 aliphatic heterocycles. The van der Waals surface area contributed by atoms with Crippen molar-refractivity contribution in [2.75, 3.05) is 11.4 Å². The van der Waals surface area contributed by atoms with Crippen LogP contribution in [0.25, 0.3) is 0 Å². The molecule has 1 atom stereocenters. The van der Waals surface area contributed by atoms with Crippen molar-refractivity contribution in [2.45, 2.75) is 32.0 Å². The van der Waals surface area contributed by atoms with Crippen molar-refractivity contribution in [3.63, 3.8) is 0 Å². The number of Topliss-reactive ketones (excluding diaryl/α,β-unsaturated/α-hetero) is 1. The SMILES string of the molecule is Cn1cc(COc2ccc(O[C@@H]3CCN(c4cc(F)c5c(c4)C(=O)CC5)C3=O)cn2)cn1. The van der Waals surface area contributed by atoms with Crippen LogP contribution in [0.15, 0.2) is 42.9 Å². The molecule has 1 amide bonds. The average molecular weight is 436 g/mol. The Hall–Kier alpha value is -3.75. The van der Waals surface area contributed by atoms with Gasteiger partial charge in [0.1, 0.15) is 18.2 Å². The summed E-state index contributed by atoms with van der Waals surface area (Å²) in [6.07, 6.45) is 5.55. The number of ketones is 1. The molecule has 32 heavy (non-hydrogen) atoms. The number of fused-ring (bicyclic) bond motifs is 1. The minimum absolute atomic E-state index is 0.0860. The second-order valence-electron chi connectivity index (χ2n) is 7.90. The maximum Gasteiger partial charge on any atom is 0.268 e. The van der Waals surface area contributed by atoms with Gasteiger partial charge in [0.15, 0.2) is 11.9 Å². The lowest BCUT2D eigenvalue weighted by Crippen LogP contribution is -2.32. The Morgan fingerprint density at radius 1 is 1.19 bits per heavy atom. The van der Waals surface area contributed by atoms with Gasteiger partial charge in [0.2, 0.25) is 5.88 Å². The van der Waals surface area contributed by atoms with E-state index in [1.54, 1.807) is 29.1 Å². The number of hydrogen-bond acceptors (Lipinski definition) is 6. The molecule has 0 radical (unpaired) electrons. The molecule has 0 unspecified atom stereocenters. The monoisotopic (exact) mass is 436 g/mol. The number of carbonyl (C=O) groups excluding carboxylic acids is 2. The van der Waals surface area contributed by atoms with Crippen LogP contribution in [0.5, 0.6) is 11.6 Å². The highest BCUT2D eigenvalue weighted by Gasteiger charge is 2.36. The number of halogens is 1. The summed E-state index contributed by atoms with van der Waals surface area (Å²) in [4.78, 5) is 30.6. The van der Waals surface area contributed by atoms with E-state index in [-0.39, 0.29) is 11.7 Å². The van der Waals surface area contributed by atoms with Crippen molar-refractivity contribution < 1.29 is 23.5 Å². The molecule has 9 heteroatoms. The maximum atomic E-state index is 14.4. The lowest BCUT2D eigenvalue weighted by Gasteiger charge is -2.18. The minimum atomic E-state index is -0.703. The highest BCUT2D eigenvalue weighted by molar-refractivity contribution is 6.04. The van der Waals surface area contributed by atoms with Crippen molar-refractivity contribution in [1.82, 2.24) is 14.8 Å². The number of pyridine rings is 1. The molecule has 2 aromatic heterocycles. The van der Waals surface area contributed by atoms with Crippen LogP contribution in [0.4, 0.5) is 10.1 Å². The van der Waals surface area contributed by atoms with Gasteiger partial charge in [-0.2, -0.15) is 5.10 Å². The van der Waals surface area contributed by atoms with E-state index < -0.39 is 11.9 Å². The van der Waals surface area contributed by atoms with Crippen LogP contribution in [0.2, 0.25) is 0 Å². The van der Waals surface area contributed by atoms with Crippen molar-refractivity contribution >= 4 is 17.4 Å². The summed E-state index contributed by atoms with van der Waals surface area (Å²) in [7, 11) is 1.83. The first kappa shape index (κ1) is 20.2. The highest BCUT2D eigenvalue weighted by Crippen LogP contribution is 2.32. The van der Waals surface area contributed by atoms with Gasteiger partial charge in [-0.3, -0.25) is 14.3 Å². The number of anilines is 1. The van der Waals surface area contributed by atoms with Gasteiger partial charge in [-0.25, -0.2) is 9.37 Å². The van der Waals surface area contributed by atoms with E-state index in [0.29, 0.717) is 60.9 Å². The second-order valence-corrected chi connectivity index (χ2v) is 7.90. The van der Waals surface area contributed by atoms with Crippen molar-refractivity contribution in [3.05, 3.63) is 65.4 Å². The highest BCUT2D eigenvalue weighted by atomic mass is 19.1. The minimum Gasteiger partial charge on any atom is -0.479 e. The first-order chi connectivity index (χ1) is 15.5. The normalized spacial score (nSPS) is 17.7. The molecule has 3 heterocycles. The molecule has 0 bridgehead atoms. The summed E-state index contributed by atoms with van der Waals surface area (Å²) < 4.78 is 27.6. The maximum absolute atomic E-state index is 14.4. The van der Waals surface area contributed by atoms with Gasteiger partial charge < -0.3 is 14.4 Å². The lowest BCUT2D eigenvalue weighted by atomic mass is 10.1. The van der Waals surface area contributed by atoms with Gasteiger partial charge >= 0.3 is 0 Å². The van der Waals surface area contributed by atoms with E-state index in [9.17, 15) is 14.0 Å². The molecule has 164 valence electrons. The molecular weight excluding hydrogens is 415 g/mol. The molecule has 1 fully saturated rings. The quantitative estimate of drug-likeness (QED) is 0.591. The number of aryl methyl sites for hydroxylation is 1. The third-order valence-corrected chi connectivity index (χ3v) is 5.68. The number of ether oxygens (including phenoxy) is 2. The Labute approximate surface area is 183 Å². The zero-order valence-corrected chi connectivity index (χ0v) is 17.5. The first-order valence-electron chi connectivity index (χ1n) is 10.4.